The molecule has 0 spiro atoms. The SMILES string of the molecule is CC#CCOc1ccc(S(=O)(=O)N(C)[C@@H](C(=O)NO)c2ccc(O[C@H]3CCN(C(=O)OC(C)(C)C)C3)cc2)cc1. The summed E-state index contributed by atoms with van der Waals surface area (Å²) in [6, 6.07) is 10.7. The molecule has 216 valence electrons. The van der Waals surface area contributed by atoms with E-state index >= 15 is 0 Å². The van der Waals surface area contributed by atoms with Crippen LogP contribution in [0.25, 0.3) is 0 Å². The number of hydrogen-bond acceptors (Lipinski definition) is 8. The molecule has 1 saturated heterocycles. The molecule has 40 heavy (non-hydrogen) atoms. The van der Waals surface area contributed by atoms with E-state index in [9.17, 15) is 23.2 Å². The molecule has 1 aliphatic heterocycles. The molecule has 0 unspecified atom stereocenters. The van der Waals surface area contributed by atoms with E-state index in [2.05, 4.69) is 11.8 Å². The first-order valence-electron chi connectivity index (χ1n) is 12.6. The Morgan fingerprint density at radius 3 is 2.33 bits per heavy atom. The number of benzene rings is 2. The third-order valence-electron chi connectivity index (χ3n) is 6.01. The zero-order valence-electron chi connectivity index (χ0n) is 23.2. The minimum absolute atomic E-state index is 0.0598. The molecule has 2 aromatic carbocycles. The Balaban J connectivity index is 1.72. The van der Waals surface area contributed by atoms with Gasteiger partial charge in [0, 0.05) is 20.0 Å². The van der Waals surface area contributed by atoms with Gasteiger partial charge in [-0.1, -0.05) is 18.1 Å². The van der Waals surface area contributed by atoms with Crippen molar-refractivity contribution < 1.29 is 37.4 Å². The van der Waals surface area contributed by atoms with Crippen molar-refractivity contribution in [3.05, 3.63) is 54.1 Å². The highest BCUT2D eigenvalue weighted by Crippen LogP contribution is 2.29. The number of rotatable bonds is 9. The van der Waals surface area contributed by atoms with Gasteiger partial charge >= 0.3 is 6.09 Å². The summed E-state index contributed by atoms with van der Waals surface area (Å²) in [7, 11) is -2.89. The Morgan fingerprint density at radius 2 is 1.75 bits per heavy atom. The second-order valence-electron chi connectivity index (χ2n) is 10.1. The van der Waals surface area contributed by atoms with Crippen molar-refractivity contribution in [1.29, 1.82) is 0 Å². The quantitative estimate of drug-likeness (QED) is 0.265. The van der Waals surface area contributed by atoms with Crippen LogP contribution in [0.15, 0.2) is 53.4 Å². The molecule has 0 aromatic heterocycles. The van der Waals surface area contributed by atoms with E-state index in [0.717, 1.165) is 4.31 Å². The van der Waals surface area contributed by atoms with Gasteiger partial charge in [-0.2, -0.15) is 4.31 Å². The fourth-order valence-electron chi connectivity index (χ4n) is 4.03. The number of likely N-dealkylation sites (N-methyl/N-ethyl adjacent to an activating group) is 1. The second-order valence-corrected chi connectivity index (χ2v) is 12.1. The van der Waals surface area contributed by atoms with Crippen LogP contribution in [0.5, 0.6) is 11.5 Å². The highest BCUT2D eigenvalue weighted by Gasteiger charge is 2.35. The maximum Gasteiger partial charge on any atom is 0.410 e. The summed E-state index contributed by atoms with van der Waals surface area (Å²) in [6.07, 6.45) is -0.0316. The van der Waals surface area contributed by atoms with Crippen molar-refractivity contribution in [2.75, 3.05) is 26.7 Å². The van der Waals surface area contributed by atoms with E-state index in [0.29, 0.717) is 36.6 Å². The Bertz CT molecular complexity index is 1340. The summed E-state index contributed by atoms with van der Waals surface area (Å²) < 4.78 is 44.4. The van der Waals surface area contributed by atoms with E-state index in [1.807, 2.05) is 0 Å². The first-order valence-corrected chi connectivity index (χ1v) is 14.1. The minimum Gasteiger partial charge on any atom is -0.489 e. The summed E-state index contributed by atoms with van der Waals surface area (Å²) in [6.45, 7) is 8.14. The number of nitrogens with zero attached hydrogens (tertiary/aromatic N) is 2. The highest BCUT2D eigenvalue weighted by atomic mass is 32.2. The summed E-state index contributed by atoms with van der Waals surface area (Å²) >= 11 is 0. The fraction of sp³-hybridized carbons (Fsp3) is 0.429. The van der Waals surface area contributed by atoms with Crippen LogP contribution in [0.2, 0.25) is 0 Å². The van der Waals surface area contributed by atoms with Crippen LogP contribution in [-0.4, -0.2) is 73.3 Å². The van der Waals surface area contributed by atoms with E-state index in [1.54, 1.807) is 62.3 Å². The first kappa shape index (κ1) is 30.7. The summed E-state index contributed by atoms with van der Waals surface area (Å²) in [4.78, 5) is 26.5. The number of carbonyl (C=O) groups is 2. The zero-order valence-corrected chi connectivity index (χ0v) is 24.0. The molecule has 1 fully saturated rings. The monoisotopic (exact) mass is 573 g/mol. The lowest BCUT2D eigenvalue weighted by Gasteiger charge is -2.26. The van der Waals surface area contributed by atoms with Crippen LogP contribution in [0.1, 0.15) is 45.7 Å². The molecule has 2 amide bonds. The lowest BCUT2D eigenvalue weighted by atomic mass is 10.1. The molecule has 2 aromatic rings. The molecule has 0 aliphatic carbocycles. The summed E-state index contributed by atoms with van der Waals surface area (Å²) in [5.74, 6) is 5.46. The van der Waals surface area contributed by atoms with Crippen molar-refractivity contribution in [1.82, 2.24) is 14.7 Å². The molecular formula is C28H35N3O8S. The molecule has 2 atom stereocenters. The molecule has 11 nitrogen and oxygen atoms in total. The molecule has 2 N–H and O–H groups in total. The zero-order chi connectivity index (χ0) is 29.5. The van der Waals surface area contributed by atoms with Crippen molar-refractivity contribution in [3.8, 4) is 23.3 Å². The van der Waals surface area contributed by atoms with Gasteiger partial charge in [0.1, 0.15) is 35.9 Å². The third-order valence-corrected chi connectivity index (χ3v) is 7.84. The molecule has 0 saturated carbocycles. The van der Waals surface area contributed by atoms with Crippen molar-refractivity contribution in [2.24, 2.45) is 0 Å². The molecule has 1 aliphatic rings. The van der Waals surface area contributed by atoms with Crippen LogP contribution in [0.3, 0.4) is 0 Å². The number of sulfonamides is 1. The molecule has 0 bridgehead atoms. The van der Waals surface area contributed by atoms with E-state index in [1.165, 1.54) is 31.3 Å². The molecule has 1 heterocycles. The van der Waals surface area contributed by atoms with Crippen LogP contribution in [0, 0.1) is 11.8 Å². The molecule has 3 rings (SSSR count). The lowest BCUT2D eigenvalue weighted by molar-refractivity contribution is -0.133. The van der Waals surface area contributed by atoms with Gasteiger partial charge in [-0.25, -0.2) is 18.7 Å². The Labute approximate surface area is 235 Å². The number of nitrogens with one attached hydrogen (secondary N) is 1. The predicted molar refractivity (Wildman–Crippen MR) is 146 cm³/mol. The number of amides is 2. The van der Waals surface area contributed by atoms with Gasteiger partial charge in [0.25, 0.3) is 5.91 Å². The molecule has 12 heteroatoms. The van der Waals surface area contributed by atoms with Crippen LogP contribution < -0.4 is 15.0 Å². The number of carbonyl (C=O) groups excluding carboxylic acids is 2. The van der Waals surface area contributed by atoms with Crippen LogP contribution in [0.4, 0.5) is 4.79 Å². The smallest absolute Gasteiger partial charge is 0.410 e. The maximum atomic E-state index is 13.3. The van der Waals surface area contributed by atoms with E-state index in [4.69, 9.17) is 14.2 Å². The van der Waals surface area contributed by atoms with Gasteiger partial charge < -0.3 is 19.1 Å². The van der Waals surface area contributed by atoms with Crippen molar-refractivity contribution in [2.45, 2.75) is 56.8 Å². The van der Waals surface area contributed by atoms with Crippen LogP contribution >= 0.6 is 0 Å². The van der Waals surface area contributed by atoms with Gasteiger partial charge in [0.05, 0.1) is 11.4 Å². The number of likely N-dealkylation sites (tertiary alicyclic amines) is 1. The summed E-state index contributed by atoms with van der Waals surface area (Å²) in [5, 5.41) is 9.36. The average Bonchev–Trinajstić information content (AvgIpc) is 3.38. The highest BCUT2D eigenvalue weighted by molar-refractivity contribution is 7.89. The van der Waals surface area contributed by atoms with Gasteiger partial charge in [0.15, 0.2) is 0 Å². The molecular weight excluding hydrogens is 538 g/mol. The van der Waals surface area contributed by atoms with Crippen molar-refractivity contribution in [3.63, 3.8) is 0 Å². The van der Waals surface area contributed by atoms with Gasteiger partial charge in [-0.3, -0.25) is 10.0 Å². The average molecular weight is 574 g/mol. The second kappa shape index (κ2) is 13.0. The Morgan fingerprint density at radius 1 is 1.12 bits per heavy atom. The van der Waals surface area contributed by atoms with Gasteiger partial charge in [0.2, 0.25) is 10.0 Å². The standard InChI is InChI=1S/C28H35N3O8S/c1-6-7-18-37-21-12-14-24(15-13-21)40(35,36)30(5)25(26(32)29-34)20-8-10-22(11-9-20)38-23-16-17-31(19-23)27(33)39-28(2,3)4/h8-15,23,25,34H,16-19H2,1-5H3,(H,29,32)/t23-,25+/m0/s1. The maximum absolute atomic E-state index is 13.3. The number of hydroxylamine groups is 1. The Kier molecular flexibility index (Phi) is 10.0. The topological polar surface area (TPSA) is 135 Å². The van der Waals surface area contributed by atoms with Crippen LogP contribution in [-0.2, 0) is 19.6 Å². The van der Waals surface area contributed by atoms with Gasteiger partial charge in [-0.05, 0) is 69.7 Å². The minimum atomic E-state index is -4.14. The van der Waals surface area contributed by atoms with Gasteiger partial charge in [-0.15, -0.1) is 5.92 Å². The number of ether oxygens (including phenoxy) is 3. The van der Waals surface area contributed by atoms with E-state index in [-0.39, 0.29) is 17.6 Å². The Hall–Kier alpha value is -3.79. The largest absolute Gasteiger partial charge is 0.489 e. The molecule has 0 radical (unpaired) electrons. The van der Waals surface area contributed by atoms with Crippen molar-refractivity contribution >= 4 is 22.0 Å². The fourth-order valence-corrected chi connectivity index (χ4v) is 5.34. The van der Waals surface area contributed by atoms with E-state index < -0.39 is 33.7 Å². The lowest BCUT2D eigenvalue weighted by Crippen LogP contribution is -2.40. The summed E-state index contributed by atoms with van der Waals surface area (Å²) in [5.41, 5.74) is 1.27. The first-order chi connectivity index (χ1) is 18.9. The number of hydrogen-bond donors (Lipinski definition) is 2. The third kappa shape index (κ3) is 7.88. The normalized spacial score (nSPS) is 16.1. The predicted octanol–water partition coefficient (Wildman–Crippen LogP) is 3.34.